The van der Waals surface area contributed by atoms with Gasteiger partial charge in [0.15, 0.2) is 5.75 Å². The molecule has 2 aromatic heterocycles. The summed E-state index contributed by atoms with van der Waals surface area (Å²) in [4.78, 5) is 14.7. The summed E-state index contributed by atoms with van der Waals surface area (Å²) in [6.07, 6.45) is 4.25. The highest BCUT2D eigenvalue weighted by Crippen LogP contribution is 2.44. The Morgan fingerprint density at radius 3 is 2.78 bits per heavy atom. The molecule has 32 heavy (non-hydrogen) atoms. The summed E-state index contributed by atoms with van der Waals surface area (Å²) in [7, 11) is 0. The summed E-state index contributed by atoms with van der Waals surface area (Å²) in [6.45, 7) is 4.61. The van der Waals surface area contributed by atoms with Crippen LogP contribution in [0.3, 0.4) is 0 Å². The van der Waals surface area contributed by atoms with Gasteiger partial charge in [-0.25, -0.2) is 0 Å². The van der Waals surface area contributed by atoms with Gasteiger partial charge in [0.25, 0.3) is 6.26 Å². The van der Waals surface area contributed by atoms with Crippen molar-refractivity contribution in [3.8, 4) is 34.3 Å². The van der Waals surface area contributed by atoms with Crippen LogP contribution in [0.5, 0.6) is 5.75 Å². The number of hydrogen-bond donors (Lipinski definition) is 2. The molecule has 0 amide bonds. The zero-order chi connectivity index (χ0) is 22.2. The summed E-state index contributed by atoms with van der Waals surface area (Å²) in [6, 6.07) is 13.0. The van der Waals surface area contributed by atoms with Gasteiger partial charge in [-0.1, -0.05) is 17.3 Å². The molecule has 0 bridgehead atoms. The molecule has 160 valence electrons. The number of nitriles is 1. The van der Waals surface area contributed by atoms with Crippen molar-refractivity contribution in [2.75, 3.05) is 11.9 Å². The first-order chi connectivity index (χ1) is 15.5. The Morgan fingerprint density at radius 2 is 2.06 bits per heavy atom. The Bertz CT molecular complexity index is 1400. The van der Waals surface area contributed by atoms with E-state index in [9.17, 15) is 10.1 Å². The van der Waals surface area contributed by atoms with Gasteiger partial charge in [-0.3, -0.25) is 4.79 Å². The molecule has 1 fully saturated rings. The van der Waals surface area contributed by atoms with E-state index >= 15 is 0 Å². The average Bonchev–Trinajstić information content (AvgIpc) is 3.55. The first-order valence-corrected chi connectivity index (χ1v) is 10.6. The number of hydrogen-bond acceptors (Lipinski definition) is 6. The molecule has 5 rings (SSSR count). The topological polar surface area (TPSA) is 104 Å². The van der Waals surface area contributed by atoms with Crippen LogP contribution in [0, 0.1) is 31.3 Å². The third kappa shape index (κ3) is 3.60. The van der Waals surface area contributed by atoms with E-state index in [2.05, 4.69) is 15.5 Å². The van der Waals surface area contributed by atoms with Crippen molar-refractivity contribution in [3.05, 3.63) is 64.3 Å². The zero-order valence-corrected chi connectivity index (χ0v) is 17.9. The van der Waals surface area contributed by atoms with Gasteiger partial charge in [0, 0.05) is 34.6 Å². The van der Waals surface area contributed by atoms with E-state index in [1.165, 1.54) is 18.9 Å². The van der Waals surface area contributed by atoms with Gasteiger partial charge in [0.2, 0.25) is 5.56 Å². The van der Waals surface area contributed by atoms with Crippen molar-refractivity contribution >= 4 is 16.6 Å². The molecule has 4 aromatic rings. The van der Waals surface area contributed by atoms with Gasteiger partial charge in [-0.05, 0) is 68.0 Å². The second-order valence-corrected chi connectivity index (χ2v) is 8.21. The highest BCUT2D eigenvalue weighted by atomic mass is 16.5. The van der Waals surface area contributed by atoms with E-state index in [0.717, 1.165) is 51.3 Å². The summed E-state index contributed by atoms with van der Waals surface area (Å²) in [5, 5.41) is 17.9. The number of aryl methyl sites for hydroxylation is 2. The molecular formula is C25H22N4O3. The predicted octanol–water partition coefficient (Wildman–Crippen LogP) is 5.15. The fourth-order valence-corrected chi connectivity index (χ4v) is 4.15. The Labute approximate surface area is 184 Å². The van der Waals surface area contributed by atoms with Crippen molar-refractivity contribution in [2.24, 2.45) is 5.92 Å². The molecule has 0 atom stereocenters. The lowest BCUT2D eigenvalue weighted by molar-refractivity contribution is 0.393. The number of anilines is 1. The fraction of sp³-hybridized carbons (Fsp3) is 0.240. The number of nitrogens with one attached hydrogen (secondary N) is 2. The van der Waals surface area contributed by atoms with Crippen LogP contribution in [0.15, 0.2) is 51.8 Å². The van der Waals surface area contributed by atoms with Crippen LogP contribution in [0.4, 0.5) is 5.69 Å². The molecule has 0 aliphatic heterocycles. The van der Waals surface area contributed by atoms with Gasteiger partial charge in [-0.2, -0.15) is 0 Å². The molecule has 2 aromatic carbocycles. The number of aromatic nitrogens is 2. The van der Waals surface area contributed by atoms with Crippen molar-refractivity contribution < 1.29 is 9.26 Å². The van der Waals surface area contributed by atoms with Gasteiger partial charge in [-0.15, -0.1) is 5.26 Å². The van der Waals surface area contributed by atoms with Crippen LogP contribution < -0.4 is 15.6 Å². The smallest absolute Gasteiger partial charge is 0.292 e. The number of benzene rings is 2. The predicted molar refractivity (Wildman–Crippen MR) is 122 cm³/mol. The quantitative estimate of drug-likeness (QED) is 0.413. The lowest BCUT2D eigenvalue weighted by atomic mass is 9.94. The Hall–Kier alpha value is -4.05. The van der Waals surface area contributed by atoms with Crippen LogP contribution in [0.2, 0.25) is 0 Å². The number of fused-ring (bicyclic) bond motifs is 1. The second-order valence-electron chi connectivity index (χ2n) is 8.21. The van der Waals surface area contributed by atoms with Crippen LogP contribution in [-0.4, -0.2) is 16.7 Å². The van der Waals surface area contributed by atoms with Gasteiger partial charge in [0.05, 0.1) is 11.4 Å². The van der Waals surface area contributed by atoms with Crippen LogP contribution in [0.25, 0.3) is 33.2 Å². The lowest BCUT2D eigenvalue weighted by Gasteiger charge is -2.17. The number of rotatable bonds is 6. The Morgan fingerprint density at radius 1 is 1.22 bits per heavy atom. The van der Waals surface area contributed by atoms with Crippen LogP contribution >= 0.6 is 0 Å². The number of aromatic amines is 1. The van der Waals surface area contributed by atoms with Gasteiger partial charge < -0.3 is 19.6 Å². The number of nitrogens with zero attached hydrogens (tertiary/aromatic N) is 2. The monoisotopic (exact) mass is 426 g/mol. The first-order valence-electron chi connectivity index (χ1n) is 10.6. The molecule has 0 unspecified atom stereocenters. The summed E-state index contributed by atoms with van der Waals surface area (Å²) < 4.78 is 10.9. The molecule has 0 radical (unpaired) electrons. The van der Waals surface area contributed by atoms with Crippen molar-refractivity contribution in [2.45, 2.75) is 26.7 Å². The Kier molecular flexibility index (Phi) is 4.91. The molecule has 1 saturated carbocycles. The molecule has 2 heterocycles. The molecular weight excluding hydrogens is 404 g/mol. The van der Waals surface area contributed by atoms with Gasteiger partial charge in [0.1, 0.15) is 5.76 Å². The van der Waals surface area contributed by atoms with E-state index < -0.39 is 0 Å². The highest BCUT2D eigenvalue weighted by Gasteiger charge is 2.24. The van der Waals surface area contributed by atoms with E-state index in [4.69, 9.17) is 9.26 Å². The highest BCUT2D eigenvalue weighted by molar-refractivity contribution is 5.99. The minimum absolute atomic E-state index is 0.167. The lowest BCUT2D eigenvalue weighted by Crippen LogP contribution is -2.06. The van der Waals surface area contributed by atoms with E-state index in [1.807, 2.05) is 50.4 Å². The maximum absolute atomic E-state index is 11.8. The Balaban J connectivity index is 1.78. The average molecular weight is 426 g/mol. The number of pyridine rings is 1. The largest absolute Gasteiger partial charge is 0.385 e. The fourth-order valence-electron chi connectivity index (χ4n) is 4.15. The van der Waals surface area contributed by atoms with E-state index in [1.54, 1.807) is 6.07 Å². The molecule has 7 heteroatoms. The van der Waals surface area contributed by atoms with E-state index in [-0.39, 0.29) is 5.56 Å². The SMILES string of the molecule is Cc1noc(C)c1-c1cc(NCC2CC2)c(OC#N)c(-c2cccc3[nH]c(=O)ccc23)c1. The van der Waals surface area contributed by atoms with Crippen LogP contribution in [-0.2, 0) is 0 Å². The molecule has 2 N–H and O–H groups in total. The molecule has 1 aliphatic carbocycles. The first kappa shape index (κ1) is 19.9. The normalized spacial score (nSPS) is 13.2. The second kappa shape index (κ2) is 7.89. The van der Waals surface area contributed by atoms with Crippen LogP contribution in [0.1, 0.15) is 24.3 Å². The zero-order valence-electron chi connectivity index (χ0n) is 17.9. The standard InChI is InChI=1S/C25H22N4O3/c1-14-24(15(2)32-29-14)17-10-20(18-4-3-5-21-19(18)8-9-23(30)28-21)25(31-13-26)22(11-17)27-12-16-6-7-16/h3-5,8-11,16,27H,6-7,12H2,1-2H3,(H,28,30). The molecule has 1 aliphatic rings. The van der Waals surface area contributed by atoms with Gasteiger partial charge >= 0.3 is 0 Å². The third-order valence-electron chi connectivity index (χ3n) is 5.89. The minimum atomic E-state index is -0.167. The molecule has 0 saturated heterocycles. The molecule has 0 spiro atoms. The van der Waals surface area contributed by atoms with Crippen molar-refractivity contribution in [3.63, 3.8) is 0 Å². The van der Waals surface area contributed by atoms with Crippen molar-refractivity contribution in [1.82, 2.24) is 10.1 Å². The van der Waals surface area contributed by atoms with E-state index in [0.29, 0.717) is 17.2 Å². The third-order valence-corrected chi connectivity index (χ3v) is 5.89. The number of H-pyrrole nitrogens is 1. The maximum Gasteiger partial charge on any atom is 0.292 e. The maximum atomic E-state index is 11.8. The number of ether oxygens (including phenoxy) is 1. The summed E-state index contributed by atoms with van der Waals surface area (Å²) >= 11 is 0. The molecule has 7 nitrogen and oxygen atoms in total. The summed E-state index contributed by atoms with van der Waals surface area (Å²) in [5.74, 6) is 1.82. The van der Waals surface area contributed by atoms with Crippen molar-refractivity contribution in [1.29, 1.82) is 5.26 Å². The minimum Gasteiger partial charge on any atom is -0.385 e. The summed E-state index contributed by atoms with van der Waals surface area (Å²) in [5.41, 5.74) is 5.52.